The lowest BCUT2D eigenvalue weighted by atomic mass is 9.95. The highest BCUT2D eigenvalue weighted by molar-refractivity contribution is 6.03. The highest BCUT2D eigenvalue weighted by Crippen LogP contribution is 2.42. The fourth-order valence-electron chi connectivity index (χ4n) is 4.54. The lowest BCUT2D eigenvalue weighted by Crippen LogP contribution is -2.34. The number of nitrogens with zero attached hydrogens (tertiary/aromatic N) is 2. The van der Waals surface area contributed by atoms with Crippen LogP contribution >= 0.6 is 0 Å². The van der Waals surface area contributed by atoms with Gasteiger partial charge in [0.15, 0.2) is 11.5 Å². The summed E-state index contributed by atoms with van der Waals surface area (Å²) in [5, 5.41) is 5.27. The van der Waals surface area contributed by atoms with Crippen molar-refractivity contribution in [2.75, 3.05) is 37.9 Å². The highest BCUT2D eigenvalue weighted by Gasteiger charge is 2.21. The minimum absolute atomic E-state index is 0.236. The quantitative estimate of drug-likeness (QED) is 0.591. The van der Waals surface area contributed by atoms with Crippen LogP contribution in [0.15, 0.2) is 42.9 Å². The molecule has 3 aromatic rings. The Morgan fingerprint density at radius 3 is 2.69 bits per heavy atom. The number of nitrogen functional groups attached to an aromatic ring is 1. The van der Waals surface area contributed by atoms with E-state index in [0.717, 1.165) is 65.0 Å². The molecular formula is C25H28N4O3. The summed E-state index contributed by atoms with van der Waals surface area (Å²) in [4.78, 5) is 6.58. The molecule has 2 aliphatic rings. The molecular weight excluding hydrogens is 404 g/mol. The zero-order valence-corrected chi connectivity index (χ0v) is 18.4. The third-order valence-corrected chi connectivity index (χ3v) is 6.21. The summed E-state index contributed by atoms with van der Waals surface area (Å²) in [6, 6.07) is 8.07. The summed E-state index contributed by atoms with van der Waals surface area (Å²) >= 11 is 0. The minimum atomic E-state index is 0.236. The Labute approximate surface area is 187 Å². The molecule has 0 aliphatic carbocycles. The van der Waals surface area contributed by atoms with Crippen molar-refractivity contribution in [3.05, 3.63) is 54.0 Å². The molecule has 2 aliphatic heterocycles. The van der Waals surface area contributed by atoms with Crippen molar-refractivity contribution in [1.82, 2.24) is 10.3 Å². The number of anilines is 2. The molecule has 7 heteroatoms. The van der Waals surface area contributed by atoms with Crippen molar-refractivity contribution >= 4 is 28.2 Å². The van der Waals surface area contributed by atoms with Crippen LogP contribution in [-0.2, 0) is 6.54 Å². The summed E-state index contributed by atoms with van der Waals surface area (Å²) in [6.07, 6.45) is 10.0. The molecule has 166 valence electrons. The van der Waals surface area contributed by atoms with E-state index < -0.39 is 0 Å². The van der Waals surface area contributed by atoms with Crippen molar-refractivity contribution in [2.24, 2.45) is 0 Å². The first-order valence-electron chi connectivity index (χ1n) is 10.9. The van der Waals surface area contributed by atoms with Crippen molar-refractivity contribution in [1.29, 1.82) is 0 Å². The largest absolute Gasteiger partial charge is 0.493 e. The highest BCUT2D eigenvalue weighted by atomic mass is 16.5. The molecule has 0 unspecified atom stereocenters. The predicted molar refractivity (Wildman–Crippen MR) is 127 cm³/mol. The van der Waals surface area contributed by atoms with Gasteiger partial charge in [-0.2, -0.15) is 0 Å². The topological polar surface area (TPSA) is 81.9 Å². The van der Waals surface area contributed by atoms with Gasteiger partial charge < -0.3 is 30.2 Å². The van der Waals surface area contributed by atoms with E-state index >= 15 is 0 Å². The maximum Gasteiger partial charge on any atom is 0.168 e. The second-order valence-corrected chi connectivity index (χ2v) is 8.15. The Bertz CT molecular complexity index is 1170. The Kier molecular flexibility index (Phi) is 5.49. The number of hydrogen-bond donors (Lipinski definition) is 2. The van der Waals surface area contributed by atoms with Gasteiger partial charge in [0, 0.05) is 40.8 Å². The SMILES string of the molecule is COc1ccc2c(N)c3c(cc2c1OC)CN(c1cncc(OC2CCNCC2)c1)C=C3. The minimum Gasteiger partial charge on any atom is -0.493 e. The van der Waals surface area contributed by atoms with E-state index in [0.29, 0.717) is 18.0 Å². The maximum absolute atomic E-state index is 6.56. The molecule has 2 aromatic carbocycles. The first-order valence-corrected chi connectivity index (χ1v) is 10.9. The van der Waals surface area contributed by atoms with Crippen LogP contribution in [0.2, 0.25) is 0 Å². The van der Waals surface area contributed by atoms with E-state index in [1.54, 1.807) is 20.4 Å². The number of nitrogens with two attached hydrogens (primary N) is 1. The van der Waals surface area contributed by atoms with Crippen LogP contribution in [0.25, 0.3) is 16.8 Å². The van der Waals surface area contributed by atoms with Gasteiger partial charge >= 0.3 is 0 Å². The van der Waals surface area contributed by atoms with Crippen molar-refractivity contribution in [2.45, 2.75) is 25.5 Å². The van der Waals surface area contributed by atoms with Gasteiger partial charge in [-0.05, 0) is 55.8 Å². The average Bonchev–Trinajstić information content (AvgIpc) is 2.84. The fourth-order valence-corrected chi connectivity index (χ4v) is 4.54. The van der Waals surface area contributed by atoms with Crippen molar-refractivity contribution in [3.63, 3.8) is 0 Å². The van der Waals surface area contributed by atoms with E-state index in [2.05, 4.69) is 39.6 Å². The van der Waals surface area contributed by atoms with Gasteiger partial charge in [0.2, 0.25) is 0 Å². The van der Waals surface area contributed by atoms with Gasteiger partial charge in [-0.15, -0.1) is 0 Å². The second-order valence-electron chi connectivity index (χ2n) is 8.15. The molecule has 0 spiro atoms. The number of benzene rings is 2. The number of nitrogens with one attached hydrogen (secondary N) is 1. The summed E-state index contributed by atoms with van der Waals surface area (Å²) < 4.78 is 17.3. The Balaban J connectivity index is 1.46. The molecule has 7 nitrogen and oxygen atoms in total. The van der Waals surface area contributed by atoms with E-state index in [1.807, 2.05) is 18.3 Å². The van der Waals surface area contributed by atoms with Crippen LogP contribution < -0.4 is 30.2 Å². The van der Waals surface area contributed by atoms with E-state index in [-0.39, 0.29) is 6.10 Å². The Morgan fingerprint density at radius 2 is 1.91 bits per heavy atom. The van der Waals surface area contributed by atoms with Gasteiger partial charge in [-0.25, -0.2) is 0 Å². The van der Waals surface area contributed by atoms with Gasteiger partial charge in [-0.1, -0.05) is 0 Å². The van der Waals surface area contributed by atoms with Crippen LogP contribution in [0.3, 0.4) is 0 Å². The number of pyridine rings is 1. The third-order valence-electron chi connectivity index (χ3n) is 6.21. The summed E-state index contributed by atoms with van der Waals surface area (Å²) in [5.41, 5.74) is 10.4. The normalized spacial score (nSPS) is 16.1. The molecule has 1 fully saturated rings. The van der Waals surface area contributed by atoms with Crippen LogP contribution in [0.5, 0.6) is 17.2 Å². The van der Waals surface area contributed by atoms with Crippen LogP contribution in [0.1, 0.15) is 24.0 Å². The van der Waals surface area contributed by atoms with E-state index in [9.17, 15) is 0 Å². The first-order chi connectivity index (χ1) is 15.7. The number of piperidine rings is 1. The smallest absolute Gasteiger partial charge is 0.168 e. The molecule has 3 N–H and O–H groups in total. The third kappa shape index (κ3) is 3.69. The molecule has 0 saturated carbocycles. The summed E-state index contributed by atoms with van der Waals surface area (Å²) in [7, 11) is 3.29. The number of methoxy groups -OCH3 is 2. The maximum atomic E-state index is 6.56. The van der Waals surface area contributed by atoms with Gasteiger partial charge in [0.1, 0.15) is 11.9 Å². The standard InChI is InChI=1S/C25H28N4O3/c1-30-23-4-3-21-22(25(23)31-2)11-16-15-29(10-7-20(16)24(21)26)17-12-19(14-28-13-17)32-18-5-8-27-9-6-18/h3-4,7,10-14,18,27H,5-6,8-9,15,26H2,1-2H3. The lowest BCUT2D eigenvalue weighted by Gasteiger charge is -2.28. The molecule has 3 heterocycles. The average molecular weight is 433 g/mol. The van der Waals surface area contributed by atoms with Crippen molar-refractivity contribution in [3.8, 4) is 17.2 Å². The van der Waals surface area contributed by atoms with Crippen LogP contribution in [0.4, 0.5) is 11.4 Å². The molecule has 0 atom stereocenters. The zero-order valence-electron chi connectivity index (χ0n) is 18.4. The monoisotopic (exact) mass is 432 g/mol. The van der Waals surface area contributed by atoms with Crippen LogP contribution in [0, 0.1) is 0 Å². The first kappa shape index (κ1) is 20.5. The molecule has 1 saturated heterocycles. The zero-order chi connectivity index (χ0) is 22.1. The summed E-state index contributed by atoms with van der Waals surface area (Å²) in [5.74, 6) is 2.19. The second kappa shape index (κ2) is 8.59. The fraction of sp³-hybridized carbons (Fsp3) is 0.320. The molecule has 32 heavy (non-hydrogen) atoms. The molecule has 5 rings (SSSR count). The number of hydrogen-bond acceptors (Lipinski definition) is 7. The molecule has 0 amide bonds. The molecule has 0 radical (unpaired) electrons. The van der Waals surface area contributed by atoms with E-state index in [1.165, 1.54) is 0 Å². The van der Waals surface area contributed by atoms with Gasteiger partial charge in [0.05, 0.1) is 32.3 Å². The number of aromatic nitrogens is 1. The predicted octanol–water partition coefficient (Wildman–Crippen LogP) is 3.96. The van der Waals surface area contributed by atoms with Gasteiger partial charge in [-0.3, -0.25) is 4.98 Å². The van der Waals surface area contributed by atoms with Gasteiger partial charge in [0.25, 0.3) is 0 Å². The number of fused-ring (bicyclic) bond motifs is 2. The van der Waals surface area contributed by atoms with Crippen molar-refractivity contribution < 1.29 is 14.2 Å². The Morgan fingerprint density at radius 1 is 1.06 bits per heavy atom. The summed E-state index contributed by atoms with van der Waals surface area (Å²) in [6.45, 7) is 2.66. The number of ether oxygens (including phenoxy) is 3. The number of rotatable bonds is 5. The van der Waals surface area contributed by atoms with Crippen LogP contribution in [-0.4, -0.2) is 38.4 Å². The lowest BCUT2D eigenvalue weighted by molar-refractivity contribution is 0.162. The molecule has 0 bridgehead atoms. The Hall–Kier alpha value is -3.45. The molecule has 1 aromatic heterocycles. The van der Waals surface area contributed by atoms with E-state index in [4.69, 9.17) is 19.9 Å².